The third-order valence-electron chi connectivity index (χ3n) is 3.23. The minimum Gasteiger partial charge on any atom is -0.327 e. The Kier molecular flexibility index (Phi) is 3.67. The first-order valence-corrected chi connectivity index (χ1v) is 8.17. The lowest BCUT2D eigenvalue weighted by molar-refractivity contribution is 0.227. The number of fused-ring (bicyclic) bond motifs is 1. The molecule has 0 radical (unpaired) electrons. The first kappa shape index (κ1) is 14.7. The van der Waals surface area contributed by atoms with Crippen molar-refractivity contribution >= 4 is 21.2 Å². The lowest BCUT2D eigenvalue weighted by atomic mass is 10.2. The summed E-state index contributed by atoms with van der Waals surface area (Å²) in [5.41, 5.74) is 2.80. The lowest BCUT2D eigenvalue weighted by Gasteiger charge is -2.10. The summed E-state index contributed by atoms with van der Waals surface area (Å²) >= 11 is 0. The number of hydrogen-bond acceptors (Lipinski definition) is 5. The van der Waals surface area contributed by atoms with Gasteiger partial charge >= 0.3 is 10.1 Å². The number of imidazole rings is 1. The SMILES string of the molecule is Cc1ccc2nc(S(=O)(=O)OC(C)c3ccccn3)[nH]c2c1. The number of nitrogens with zero attached hydrogens (tertiary/aromatic N) is 2. The zero-order valence-corrected chi connectivity index (χ0v) is 13.0. The van der Waals surface area contributed by atoms with Crippen molar-refractivity contribution in [3.8, 4) is 0 Å². The number of aromatic amines is 1. The Labute approximate surface area is 128 Å². The summed E-state index contributed by atoms with van der Waals surface area (Å²) in [5.74, 6) is 0. The molecule has 1 unspecified atom stereocenters. The number of H-pyrrole nitrogens is 1. The van der Waals surface area contributed by atoms with E-state index in [-0.39, 0.29) is 5.16 Å². The average Bonchev–Trinajstić information content (AvgIpc) is 2.91. The molecule has 1 aromatic carbocycles. The van der Waals surface area contributed by atoms with E-state index in [2.05, 4.69) is 15.0 Å². The minimum absolute atomic E-state index is 0.198. The highest BCUT2D eigenvalue weighted by Crippen LogP contribution is 2.22. The van der Waals surface area contributed by atoms with Crippen LogP contribution in [-0.4, -0.2) is 23.4 Å². The van der Waals surface area contributed by atoms with Gasteiger partial charge in [0.05, 0.1) is 16.7 Å². The van der Waals surface area contributed by atoms with Crippen molar-refractivity contribution in [1.82, 2.24) is 15.0 Å². The zero-order valence-electron chi connectivity index (χ0n) is 12.1. The predicted molar refractivity (Wildman–Crippen MR) is 81.8 cm³/mol. The number of nitrogens with one attached hydrogen (secondary N) is 1. The number of pyridine rings is 1. The molecule has 114 valence electrons. The van der Waals surface area contributed by atoms with Crippen molar-refractivity contribution in [2.24, 2.45) is 0 Å². The van der Waals surface area contributed by atoms with Crippen LogP contribution >= 0.6 is 0 Å². The van der Waals surface area contributed by atoms with Crippen molar-refractivity contribution in [2.75, 3.05) is 0 Å². The van der Waals surface area contributed by atoms with Gasteiger partial charge in [0.1, 0.15) is 6.10 Å². The van der Waals surface area contributed by atoms with Gasteiger partial charge in [-0.25, -0.2) is 4.98 Å². The molecule has 0 aliphatic heterocycles. The van der Waals surface area contributed by atoms with E-state index in [1.807, 2.05) is 19.1 Å². The highest BCUT2D eigenvalue weighted by Gasteiger charge is 2.24. The standard InChI is InChI=1S/C15H15N3O3S/c1-10-6-7-13-14(9-10)18-15(17-13)22(19,20)21-11(2)12-5-3-4-8-16-12/h3-9,11H,1-2H3,(H,17,18). The van der Waals surface area contributed by atoms with E-state index in [4.69, 9.17) is 4.18 Å². The summed E-state index contributed by atoms with van der Waals surface area (Å²) in [6.07, 6.45) is 0.896. The number of hydrogen-bond donors (Lipinski definition) is 1. The monoisotopic (exact) mass is 317 g/mol. The second-order valence-electron chi connectivity index (χ2n) is 5.01. The summed E-state index contributed by atoms with van der Waals surface area (Å²) in [6.45, 7) is 3.56. The molecule has 7 heteroatoms. The number of benzene rings is 1. The van der Waals surface area contributed by atoms with Gasteiger partial charge < -0.3 is 4.98 Å². The molecular formula is C15H15N3O3S. The first-order valence-electron chi connectivity index (χ1n) is 6.76. The molecule has 0 fully saturated rings. The van der Waals surface area contributed by atoms with Crippen LogP contribution in [0.3, 0.4) is 0 Å². The molecule has 0 saturated heterocycles. The van der Waals surface area contributed by atoms with Crippen LogP contribution in [0.1, 0.15) is 24.3 Å². The number of aromatic nitrogens is 3. The van der Waals surface area contributed by atoms with E-state index in [0.717, 1.165) is 5.56 Å². The third kappa shape index (κ3) is 2.86. The summed E-state index contributed by atoms with van der Waals surface area (Å²) in [4.78, 5) is 11.0. The number of aryl methyl sites for hydroxylation is 1. The Hall–Kier alpha value is -2.25. The normalized spacial score (nSPS) is 13.4. The van der Waals surface area contributed by atoms with Crippen LogP contribution in [0.25, 0.3) is 11.0 Å². The van der Waals surface area contributed by atoms with Gasteiger partial charge in [0.15, 0.2) is 0 Å². The summed E-state index contributed by atoms with van der Waals surface area (Å²) in [7, 11) is -3.99. The molecule has 2 aromatic heterocycles. The van der Waals surface area contributed by atoms with Crippen LogP contribution in [0.4, 0.5) is 0 Å². The van der Waals surface area contributed by atoms with Gasteiger partial charge in [0.2, 0.25) is 0 Å². The highest BCUT2D eigenvalue weighted by atomic mass is 32.2. The molecule has 3 rings (SSSR count). The molecule has 6 nitrogen and oxygen atoms in total. The Morgan fingerprint density at radius 1 is 1.23 bits per heavy atom. The van der Waals surface area contributed by atoms with Gasteiger partial charge in [-0.05, 0) is 43.7 Å². The molecule has 2 heterocycles. The molecule has 0 aliphatic carbocycles. The zero-order chi connectivity index (χ0) is 15.7. The Morgan fingerprint density at radius 3 is 2.77 bits per heavy atom. The molecule has 0 saturated carbocycles. The van der Waals surface area contributed by atoms with Crippen molar-refractivity contribution in [2.45, 2.75) is 25.1 Å². The van der Waals surface area contributed by atoms with Crippen LogP contribution < -0.4 is 0 Å². The third-order valence-corrected chi connectivity index (χ3v) is 4.44. The van der Waals surface area contributed by atoms with Gasteiger partial charge in [-0.1, -0.05) is 12.1 Å². The second-order valence-corrected chi connectivity index (χ2v) is 6.50. The predicted octanol–water partition coefficient (Wildman–Crippen LogP) is 2.73. The van der Waals surface area contributed by atoms with Gasteiger partial charge in [-0.3, -0.25) is 9.17 Å². The maximum absolute atomic E-state index is 12.3. The average molecular weight is 317 g/mol. The van der Waals surface area contributed by atoms with Crippen LogP contribution in [0.15, 0.2) is 47.8 Å². The molecule has 3 aromatic rings. The molecule has 1 N–H and O–H groups in total. The summed E-state index contributed by atoms with van der Waals surface area (Å²) in [5, 5.41) is -0.198. The minimum atomic E-state index is -3.99. The summed E-state index contributed by atoms with van der Waals surface area (Å²) in [6, 6.07) is 10.7. The van der Waals surface area contributed by atoms with E-state index in [9.17, 15) is 8.42 Å². The number of rotatable bonds is 4. The molecule has 0 aliphatic rings. The Morgan fingerprint density at radius 2 is 2.05 bits per heavy atom. The van der Waals surface area contributed by atoms with Crippen LogP contribution in [0, 0.1) is 6.92 Å². The molecular weight excluding hydrogens is 302 g/mol. The summed E-state index contributed by atoms with van der Waals surface area (Å²) < 4.78 is 29.8. The molecule has 0 spiro atoms. The quantitative estimate of drug-likeness (QED) is 0.748. The maximum atomic E-state index is 12.3. The molecule has 1 atom stereocenters. The molecule has 0 amide bonds. The fourth-order valence-corrected chi connectivity index (χ4v) is 3.13. The topological polar surface area (TPSA) is 84.9 Å². The first-order chi connectivity index (χ1) is 10.5. The fourth-order valence-electron chi connectivity index (χ4n) is 2.12. The fraction of sp³-hybridized carbons (Fsp3) is 0.200. The molecule has 0 bridgehead atoms. The Balaban J connectivity index is 1.91. The van der Waals surface area contributed by atoms with Crippen molar-refractivity contribution < 1.29 is 12.6 Å². The van der Waals surface area contributed by atoms with Crippen molar-refractivity contribution in [3.63, 3.8) is 0 Å². The van der Waals surface area contributed by atoms with Crippen LogP contribution in [0.2, 0.25) is 0 Å². The van der Waals surface area contributed by atoms with Gasteiger partial charge in [-0.15, -0.1) is 0 Å². The molecule has 22 heavy (non-hydrogen) atoms. The highest BCUT2D eigenvalue weighted by molar-refractivity contribution is 7.86. The van der Waals surface area contributed by atoms with Gasteiger partial charge in [-0.2, -0.15) is 8.42 Å². The van der Waals surface area contributed by atoms with Crippen molar-refractivity contribution in [1.29, 1.82) is 0 Å². The van der Waals surface area contributed by atoms with Gasteiger partial charge in [0.25, 0.3) is 5.16 Å². The maximum Gasteiger partial charge on any atom is 0.331 e. The largest absolute Gasteiger partial charge is 0.331 e. The van der Waals surface area contributed by atoms with Crippen LogP contribution in [-0.2, 0) is 14.3 Å². The lowest BCUT2D eigenvalue weighted by Crippen LogP contribution is -2.12. The van der Waals surface area contributed by atoms with E-state index in [1.165, 1.54) is 0 Å². The van der Waals surface area contributed by atoms with E-state index in [1.54, 1.807) is 37.4 Å². The second kappa shape index (κ2) is 5.51. The van der Waals surface area contributed by atoms with E-state index >= 15 is 0 Å². The van der Waals surface area contributed by atoms with Crippen LogP contribution in [0.5, 0.6) is 0 Å². The smallest absolute Gasteiger partial charge is 0.327 e. The van der Waals surface area contributed by atoms with E-state index in [0.29, 0.717) is 16.7 Å². The van der Waals surface area contributed by atoms with E-state index < -0.39 is 16.2 Å². The van der Waals surface area contributed by atoms with Gasteiger partial charge in [0, 0.05) is 6.20 Å². The Bertz CT molecular complexity index is 904. The van der Waals surface area contributed by atoms with Crippen molar-refractivity contribution in [3.05, 3.63) is 53.9 Å².